The maximum Gasteiger partial charge on any atom is 0.228 e. The summed E-state index contributed by atoms with van der Waals surface area (Å²) in [5.74, 6) is 0.178. The van der Waals surface area contributed by atoms with Crippen molar-refractivity contribution in [3.63, 3.8) is 0 Å². The number of hydrogen-bond donors (Lipinski definition) is 1. The van der Waals surface area contributed by atoms with E-state index in [4.69, 9.17) is 0 Å². The Kier molecular flexibility index (Phi) is 4.35. The molecular formula is C16H18N2O2. The van der Waals surface area contributed by atoms with Gasteiger partial charge in [-0.1, -0.05) is 24.3 Å². The predicted molar refractivity (Wildman–Crippen MR) is 77.2 cm³/mol. The van der Waals surface area contributed by atoms with E-state index < -0.39 is 0 Å². The molecule has 2 aromatic rings. The molecule has 0 bridgehead atoms. The number of phenols is 1. The van der Waals surface area contributed by atoms with Crippen LogP contribution in [0.2, 0.25) is 0 Å². The van der Waals surface area contributed by atoms with Crippen molar-refractivity contribution in [1.29, 1.82) is 0 Å². The first kappa shape index (κ1) is 14.1. The van der Waals surface area contributed by atoms with Gasteiger partial charge in [0.15, 0.2) is 0 Å². The monoisotopic (exact) mass is 270 g/mol. The van der Waals surface area contributed by atoms with E-state index in [1.807, 2.05) is 37.3 Å². The highest BCUT2D eigenvalue weighted by atomic mass is 16.3. The molecule has 1 unspecified atom stereocenters. The van der Waals surface area contributed by atoms with Gasteiger partial charge in [0.2, 0.25) is 5.91 Å². The molecule has 104 valence electrons. The Labute approximate surface area is 118 Å². The van der Waals surface area contributed by atoms with E-state index in [0.717, 1.165) is 11.3 Å². The van der Waals surface area contributed by atoms with E-state index in [2.05, 4.69) is 4.98 Å². The number of phenolic OH excluding ortho intramolecular Hbond substituents is 1. The van der Waals surface area contributed by atoms with Crippen LogP contribution < -0.4 is 0 Å². The predicted octanol–water partition coefficient (Wildman–Crippen LogP) is 2.55. The molecule has 0 aliphatic carbocycles. The molecule has 0 saturated carbocycles. The SMILES string of the molecule is CC(c1ccccc1O)N(C)C(=O)Cc1ccccn1. The normalized spacial score (nSPS) is 11.9. The van der Waals surface area contributed by atoms with Crippen molar-refractivity contribution in [2.75, 3.05) is 7.05 Å². The molecule has 1 heterocycles. The summed E-state index contributed by atoms with van der Waals surface area (Å²) in [5, 5.41) is 9.85. The van der Waals surface area contributed by atoms with Gasteiger partial charge in [0, 0.05) is 24.5 Å². The van der Waals surface area contributed by atoms with Crippen LogP contribution in [0.25, 0.3) is 0 Å². The number of nitrogens with zero attached hydrogens (tertiary/aromatic N) is 2. The second kappa shape index (κ2) is 6.19. The van der Waals surface area contributed by atoms with Gasteiger partial charge >= 0.3 is 0 Å². The van der Waals surface area contributed by atoms with Crippen molar-refractivity contribution in [1.82, 2.24) is 9.88 Å². The number of aromatic nitrogens is 1. The molecule has 2 rings (SSSR count). The van der Waals surface area contributed by atoms with Crippen molar-refractivity contribution >= 4 is 5.91 Å². The van der Waals surface area contributed by atoms with Gasteiger partial charge in [0.1, 0.15) is 5.75 Å². The fourth-order valence-electron chi connectivity index (χ4n) is 2.05. The highest BCUT2D eigenvalue weighted by Gasteiger charge is 2.19. The van der Waals surface area contributed by atoms with E-state index in [1.54, 1.807) is 30.3 Å². The van der Waals surface area contributed by atoms with E-state index >= 15 is 0 Å². The van der Waals surface area contributed by atoms with Gasteiger partial charge in [-0.25, -0.2) is 0 Å². The zero-order valence-corrected chi connectivity index (χ0v) is 11.7. The minimum absolute atomic E-state index is 0.0283. The van der Waals surface area contributed by atoms with Crippen LogP contribution in [-0.4, -0.2) is 27.9 Å². The van der Waals surface area contributed by atoms with Crippen LogP contribution in [-0.2, 0) is 11.2 Å². The molecule has 1 N–H and O–H groups in total. The lowest BCUT2D eigenvalue weighted by Crippen LogP contribution is -2.31. The number of amides is 1. The summed E-state index contributed by atoms with van der Waals surface area (Å²) in [6.45, 7) is 1.89. The fourth-order valence-corrected chi connectivity index (χ4v) is 2.05. The number of benzene rings is 1. The molecule has 4 nitrogen and oxygen atoms in total. The lowest BCUT2D eigenvalue weighted by molar-refractivity contribution is -0.131. The largest absolute Gasteiger partial charge is 0.508 e. The number of aromatic hydroxyl groups is 1. The minimum Gasteiger partial charge on any atom is -0.508 e. The quantitative estimate of drug-likeness (QED) is 0.929. The standard InChI is InChI=1S/C16H18N2O2/c1-12(14-8-3-4-9-15(14)19)18(2)16(20)11-13-7-5-6-10-17-13/h3-10,12,19H,11H2,1-2H3. The molecule has 0 aliphatic rings. The van der Waals surface area contributed by atoms with Gasteiger partial charge in [-0.2, -0.15) is 0 Å². The molecule has 1 amide bonds. The number of likely N-dealkylation sites (N-methyl/N-ethyl adjacent to an activating group) is 1. The van der Waals surface area contributed by atoms with E-state index in [-0.39, 0.29) is 24.1 Å². The third kappa shape index (κ3) is 3.15. The second-order valence-electron chi connectivity index (χ2n) is 4.74. The first-order chi connectivity index (χ1) is 9.59. The van der Waals surface area contributed by atoms with Gasteiger partial charge in [-0.05, 0) is 25.1 Å². The van der Waals surface area contributed by atoms with Crippen LogP contribution in [0, 0.1) is 0 Å². The zero-order valence-electron chi connectivity index (χ0n) is 11.7. The Bertz CT molecular complexity index is 584. The van der Waals surface area contributed by atoms with E-state index in [0.29, 0.717) is 0 Å². The van der Waals surface area contributed by atoms with Crippen LogP contribution >= 0.6 is 0 Å². The first-order valence-corrected chi connectivity index (χ1v) is 6.53. The molecule has 1 aromatic heterocycles. The number of pyridine rings is 1. The first-order valence-electron chi connectivity index (χ1n) is 6.53. The van der Waals surface area contributed by atoms with Crippen LogP contribution in [0.15, 0.2) is 48.7 Å². The lowest BCUT2D eigenvalue weighted by Gasteiger charge is -2.25. The molecule has 1 atom stereocenters. The van der Waals surface area contributed by atoms with Gasteiger partial charge in [-0.3, -0.25) is 9.78 Å². The summed E-state index contributed by atoms with van der Waals surface area (Å²) < 4.78 is 0. The number of para-hydroxylation sites is 1. The molecule has 1 aromatic carbocycles. The summed E-state index contributed by atoms with van der Waals surface area (Å²) in [4.78, 5) is 18.0. The van der Waals surface area contributed by atoms with Crippen LogP contribution in [0.3, 0.4) is 0 Å². The molecule has 20 heavy (non-hydrogen) atoms. The Balaban J connectivity index is 2.09. The molecular weight excluding hydrogens is 252 g/mol. The average molecular weight is 270 g/mol. The van der Waals surface area contributed by atoms with Gasteiger partial charge in [0.05, 0.1) is 12.5 Å². The summed E-state index contributed by atoms with van der Waals surface area (Å²) in [6, 6.07) is 12.4. The smallest absolute Gasteiger partial charge is 0.228 e. The summed E-state index contributed by atoms with van der Waals surface area (Å²) >= 11 is 0. The zero-order chi connectivity index (χ0) is 14.5. The average Bonchev–Trinajstić information content (AvgIpc) is 2.47. The Morgan fingerprint density at radius 1 is 1.25 bits per heavy atom. The summed E-state index contributed by atoms with van der Waals surface area (Å²) in [5.41, 5.74) is 1.48. The van der Waals surface area contributed by atoms with E-state index in [1.165, 1.54) is 0 Å². The van der Waals surface area contributed by atoms with Crippen molar-refractivity contribution in [2.24, 2.45) is 0 Å². The van der Waals surface area contributed by atoms with Gasteiger partial charge < -0.3 is 10.0 Å². The lowest BCUT2D eigenvalue weighted by atomic mass is 10.1. The topological polar surface area (TPSA) is 53.4 Å². The Morgan fingerprint density at radius 2 is 1.95 bits per heavy atom. The molecule has 0 aliphatic heterocycles. The fraction of sp³-hybridized carbons (Fsp3) is 0.250. The molecule has 0 radical (unpaired) electrons. The molecule has 0 fully saturated rings. The number of carbonyl (C=O) groups excluding carboxylic acids is 1. The molecule has 4 heteroatoms. The summed E-state index contributed by atoms with van der Waals surface area (Å²) in [6.07, 6.45) is 1.93. The highest BCUT2D eigenvalue weighted by Crippen LogP contribution is 2.27. The summed E-state index contributed by atoms with van der Waals surface area (Å²) in [7, 11) is 1.74. The van der Waals surface area contributed by atoms with Crippen molar-refractivity contribution in [3.8, 4) is 5.75 Å². The van der Waals surface area contributed by atoms with Crippen LogP contribution in [0.1, 0.15) is 24.2 Å². The Morgan fingerprint density at radius 3 is 2.60 bits per heavy atom. The Hall–Kier alpha value is -2.36. The van der Waals surface area contributed by atoms with Crippen LogP contribution in [0.5, 0.6) is 5.75 Å². The molecule has 0 spiro atoms. The van der Waals surface area contributed by atoms with E-state index in [9.17, 15) is 9.90 Å². The number of rotatable bonds is 4. The van der Waals surface area contributed by atoms with Crippen molar-refractivity contribution in [3.05, 3.63) is 59.9 Å². The van der Waals surface area contributed by atoms with Gasteiger partial charge in [0.25, 0.3) is 0 Å². The third-order valence-corrected chi connectivity index (χ3v) is 3.42. The van der Waals surface area contributed by atoms with Gasteiger partial charge in [-0.15, -0.1) is 0 Å². The van der Waals surface area contributed by atoms with Crippen molar-refractivity contribution in [2.45, 2.75) is 19.4 Å². The maximum atomic E-state index is 12.2. The molecule has 0 saturated heterocycles. The maximum absolute atomic E-state index is 12.2. The number of hydrogen-bond acceptors (Lipinski definition) is 3. The van der Waals surface area contributed by atoms with Crippen molar-refractivity contribution < 1.29 is 9.90 Å². The third-order valence-electron chi connectivity index (χ3n) is 3.42. The van der Waals surface area contributed by atoms with Crippen LogP contribution in [0.4, 0.5) is 0 Å². The second-order valence-corrected chi connectivity index (χ2v) is 4.74. The minimum atomic E-state index is -0.188. The number of carbonyl (C=O) groups is 1. The highest BCUT2D eigenvalue weighted by molar-refractivity contribution is 5.78.